The molecule has 37 heavy (non-hydrogen) atoms. The van der Waals surface area contributed by atoms with Gasteiger partial charge in [-0.25, -0.2) is 13.2 Å². The van der Waals surface area contributed by atoms with Gasteiger partial charge in [0, 0.05) is 32.8 Å². The zero-order valence-corrected chi connectivity index (χ0v) is 23.2. The van der Waals surface area contributed by atoms with Crippen LogP contribution < -0.4 is 4.74 Å². The fourth-order valence-electron chi connectivity index (χ4n) is 4.36. The van der Waals surface area contributed by atoms with Crippen molar-refractivity contribution in [1.29, 1.82) is 0 Å². The van der Waals surface area contributed by atoms with Crippen LogP contribution in [0.2, 0.25) is 0 Å². The molecule has 2 aromatic carbocycles. The Morgan fingerprint density at radius 3 is 2.27 bits per heavy atom. The van der Waals surface area contributed by atoms with Gasteiger partial charge >= 0.3 is 5.97 Å². The van der Waals surface area contributed by atoms with Crippen molar-refractivity contribution < 1.29 is 27.5 Å². The van der Waals surface area contributed by atoms with Crippen molar-refractivity contribution in [2.75, 3.05) is 33.0 Å². The zero-order valence-electron chi connectivity index (χ0n) is 22.4. The van der Waals surface area contributed by atoms with Crippen molar-refractivity contribution in [3.8, 4) is 5.75 Å². The normalized spacial score (nSPS) is 15.3. The van der Waals surface area contributed by atoms with Crippen LogP contribution in [0.3, 0.4) is 0 Å². The fraction of sp³-hybridized carbons (Fsp3) is 0.500. The summed E-state index contributed by atoms with van der Waals surface area (Å²) in [5.41, 5.74) is 1.19. The SMILES string of the molecule is CN(C(=O)Cc1ccc(S(C)(=O)=O)cc1)C(Cc1cccc(OCC(=O)OC(C)(C)C)c1)N1CCCC1. The average molecular weight is 531 g/mol. The molecule has 1 amide bonds. The fourth-order valence-corrected chi connectivity index (χ4v) is 4.99. The second kappa shape index (κ2) is 12.1. The van der Waals surface area contributed by atoms with Gasteiger partial charge in [0.05, 0.1) is 17.5 Å². The van der Waals surface area contributed by atoms with Gasteiger partial charge in [-0.2, -0.15) is 0 Å². The summed E-state index contributed by atoms with van der Waals surface area (Å²) in [5.74, 6) is 0.104. The molecular formula is C28H38N2O6S. The van der Waals surface area contributed by atoms with E-state index in [1.807, 2.05) is 46.0 Å². The smallest absolute Gasteiger partial charge is 0.344 e. The molecule has 1 fully saturated rings. The minimum atomic E-state index is -3.28. The predicted octanol–water partition coefficient (Wildman–Crippen LogP) is 3.48. The first-order valence-electron chi connectivity index (χ1n) is 12.5. The third-order valence-electron chi connectivity index (χ3n) is 6.20. The van der Waals surface area contributed by atoms with Gasteiger partial charge in [-0.15, -0.1) is 0 Å². The molecule has 0 radical (unpaired) electrons. The van der Waals surface area contributed by atoms with Crippen LogP contribution in [0.25, 0.3) is 0 Å². The van der Waals surface area contributed by atoms with E-state index in [1.165, 1.54) is 6.26 Å². The first kappa shape index (κ1) is 28.7. The van der Waals surface area contributed by atoms with Gasteiger partial charge in [-0.1, -0.05) is 24.3 Å². The van der Waals surface area contributed by atoms with Crippen LogP contribution in [0.4, 0.5) is 0 Å². The van der Waals surface area contributed by atoms with Crippen molar-refractivity contribution >= 4 is 21.7 Å². The molecule has 0 aliphatic carbocycles. The maximum absolute atomic E-state index is 13.2. The van der Waals surface area contributed by atoms with Crippen LogP contribution >= 0.6 is 0 Å². The number of likely N-dealkylation sites (N-methyl/N-ethyl adjacent to an activating group) is 1. The van der Waals surface area contributed by atoms with E-state index >= 15 is 0 Å². The number of likely N-dealkylation sites (tertiary alicyclic amines) is 1. The van der Waals surface area contributed by atoms with Crippen molar-refractivity contribution in [3.63, 3.8) is 0 Å². The minimum absolute atomic E-state index is 0.0404. The molecule has 1 saturated heterocycles. The molecule has 1 atom stereocenters. The highest BCUT2D eigenvalue weighted by Crippen LogP contribution is 2.22. The molecule has 0 N–H and O–H groups in total. The van der Waals surface area contributed by atoms with E-state index in [0.717, 1.165) is 37.1 Å². The van der Waals surface area contributed by atoms with Gasteiger partial charge in [-0.3, -0.25) is 9.69 Å². The Balaban J connectivity index is 1.68. The van der Waals surface area contributed by atoms with Crippen LogP contribution in [0.15, 0.2) is 53.4 Å². The van der Waals surface area contributed by atoms with E-state index in [0.29, 0.717) is 12.2 Å². The molecule has 1 heterocycles. The lowest BCUT2D eigenvalue weighted by molar-refractivity contribution is -0.157. The van der Waals surface area contributed by atoms with E-state index in [9.17, 15) is 18.0 Å². The van der Waals surface area contributed by atoms with E-state index in [2.05, 4.69) is 4.90 Å². The topological polar surface area (TPSA) is 93.2 Å². The third kappa shape index (κ3) is 8.86. The van der Waals surface area contributed by atoms with Gasteiger partial charge in [0.2, 0.25) is 5.91 Å². The lowest BCUT2D eigenvalue weighted by Gasteiger charge is -2.35. The van der Waals surface area contributed by atoms with Gasteiger partial charge in [0.1, 0.15) is 11.4 Å². The largest absolute Gasteiger partial charge is 0.482 e. The average Bonchev–Trinajstić information content (AvgIpc) is 3.34. The van der Waals surface area contributed by atoms with Crippen molar-refractivity contribution in [2.24, 2.45) is 0 Å². The Morgan fingerprint density at radius 1 is 1.03 bits per heavy atom. The van der Waals surface area contributed by atoms with E-state index in [-0.39, 0.29) is 30.0 Å². The molecule has 0 spiro atoms. The van der Waals surface area contributed by atoms with Crippen molar-refractivity contribution in [3.05, 3.63) is 59.7 Å². The number of hydrogen-bond acceptors (Lipinski definition) is 7. The highest BCUT2D eigenvalue weighted by molar-refractivity contribution is 7.90. The Hall–Kier alpha value is -2.91. The maximum Gasteiger partial charge on any atom is 0.344 e. The summed E-state index contributed by atoms with van der Waals surface area (Å²) in [6.45, 7) is 7.10. The van der Waals surface area contributed by atoms with E-state index < -0.39 is 21.4 Å². The van der Waals surface area contributed by atoms with Crippen LogP contribution in [0.5, 0.6) is 5.75 Å². The number of sulfone groups is 1. The Labute approximate surface area is 220 Å². The molecule has 8 nitrogen and oxygen atoms in total. The Bertz CT molecular complexity index is 1180. The van der Waals surface area contributed by atoms with Gasteiger partial charge in [0.15, 0.2) is 16.4 Å². The minimum Gasteiger partial charge on any atom is -0.482 e. The third-order valence-corrected chi connectivity index (χ3v) is 7.33. The molecule has 202 valence electrons. The number of ether oxygens (including phenoxy) is 2. The van der Waals surface area contributed by atoms with E-state index in [4.69, 9.17) is 9.47 Å². The van der Waals surface area contributed by atoms with Gasteiger partial charge in [0.25, 0.3) is 0 Å². The van der Waals surface area contributed by atoms with Gasteiger partial charge < -0.3 is 14.4 Å². The van der Waals surface area contributed by atoms with Crippen molar-refractivity contribution in [1.82, 2.24) is 9.80 Å². The Morgan fingerprint density at radius 2 is 1.68 bits per heavy atom. The summed E-state index contributed by atoms with van der Waals surface area (Å²) < 4.78 is 34.4. The Kier molecular flexibility index (Phi) is 9.36. The monoisotopic (exact) mass is 530 g/mol. The number of esters is 1. The molecule has 0 aromatic heterocycles. The number of hydrogen-bond donors (Lipinski definition) is 0. The van der Waals surface area contributed by atoms with E-state index in [1.54, 1.807) is 35.2 Å². The summed E-state index contributed by atoms with van der Waals surface area (Å²) in [5, 5.41) is 0. The number of amides is 1. The highest BCUT2D eigenvalue weighted by atomic mass is 32.2. The number of carbonyl (C=O) groups excluding carboxylic acids is 2. The molecular weight excluding hydrogens is 492 g/mol. The molecule has 0 bridgehead atoms. The second-order valence-corrected chi connectivity index (χ2v) is 12.6. The summed E-state index contributed by atoms with van der Waals surface area (Å²) in [6.07, 6.45) is 4.00. The molecule has 9 heteroatoms. The lowest BCUT2D eigenvalue weighted by Crippen LogP contribution is -2.49. The first-order chi connectivity index (χ1) is 17.3. The lowest BCUT2D eigenvalue weighted by atomic mass is 10.1. The summed E-state index contributed by atoms with van der Waals surface area (Å²) >= 11 is 0. The molecule has 2 aromatic rings. The first-order valence-corrected chi connectivity index (χ1v) is 14.4. The number of benzene rings is 2. The van der Waals surface area contributed by atoms with Gasteiger partial charge in [-0.05, 0) is 69.0 Å². The molecule has 1 aliphatic rings. The summed E-state index contributed by atoms with van der Waals surface area (Å²) in [6, 6.07) is 14.0. The quantitative estimate of drug-likeness (QED) is 0.434. The summed E-state index contributed by atoms with van der Waals surface area (Å²) in [7, 11) is -1.46. The van der Waals surface area contributed by atoms with Crippen LogP contribution in [0, 0.1) is 0 Å². The van der Waals surface area contributed by atoms with Crippen molar-refractivity contribution in [2.45, 2.75) is 63.1 Å². The molecule has 1 unspecified atom stereocenters. The maximum atomic E-state index is 13.2. The predicted molar refractivity (Wildman–Crippen MR) is 142 cm³/mol. The summed E-state index contributed by atoms with van der Waals surface area (Å²) in [4.78, 5) is 29.6. The molecule has 1 aliphatic heterocycles. The second-order valence-electron chi connectivity index (χ2n) is 10.5. The molecule has 0 saturated carbocycles. The van der Waals surface area contributed by atoms with Crippen LogP contribution in [-0.2, 0) is 37.0 Å². The number of carbonyl (C=O) groups is 2. The standard InChI is InChI=1S/C28H38N2O6S/c1-28(2,3)36-27(32)20-35-23-10-8-9-22(17-23)18-25(30-15-6-7-16-30)29(4)26(31)19-21-11-13-24(14-12-21)37(5,33)34/h8-14,17,25H,6-7,15-16,18-20H2,1-5H3. The number of rotatable bonds is 10. The molecule has 3 rings (SSSR count). The van der Waals surface area contributed by atoms with Crippen LogP contribution in [0.1, 0.15) is 44.7 Å². The number of nitrogens with zero attached hydrogens (tertiary/aromatic N) is 2. The zero-order chi connectivity index (χ0) is 27.2. The van der Waals surface area contributed by atoms with Crippen LogP contribution in [-0.4, -0.2) is 74.9 Å². The highest BCUT2D eigenvalue weighted by Gasteiger charge is 2.28.